The standard InChI is InChI=1S/C23H25NO6/c1-5-7-17-10-11-20(21(12-17)28-4)29-14-22(26)30-16(3)23(27)24-19-9-6-8-18(13-19)15(2)25/h5-13,16H,14H2,1-4H3,(H,24,27)/b7-5+. The van der Waals surface area contributed by atoms with Crippen molar-refractivity contribution in [1.82, 2.24) is 0 Å². The lowest BCUT2D eigenvalue weighted by atomic mass is 10.1. The van der Waals surface area contributed by atoms with E-state index in [1.807, 2.05) is 25.1 Å². The molecule has 0 bridgehead atoms. The fourth-order valence-corrected chi connectivity index (χ4v) is 2.58. The third-order valence-electron chi connectivity index (χ3n) is 4.11. The highest BCUT2D eigenvalue weighted by Crippen LogP contribution is 2.28. The van der Waals surface area contributed by atoms with E-state index in [-0.39, 0.29) is 12.4 Å². The van der Waals surface area contributed by atoms with Gasteiger partial charge in [-0.05, 0) is 50.6 Å². The van der Waals surface area contributed by atoms with E-state index in [2.05, 4.69) is 5.32 Å². The van der Waals surface area contributed by atoms with Crippen LogP contribution in [-0.2, 0) is 14.3 Å². The zero-order valence-electron chi connectivity index (χ0n) is 17.4. The summed E-state index contributed by atoms with van der Waals surface area (Å²) in [4.78, 5) is 35.8. The summed E-state index contributed by atoms with van der Waals surface area (Å²) in [5.74, 6) is -0.459. The Morgan fingerprint density at radius 1 is 1.10 bits per heavy atom. The maximum Gasteiger partial charge on any atom is 0.344 e. The second kappa shape index (κ2) is 10.8. The SMILES string of the molecule is C/C=C/c1ccc(OCC(=O)OC(C)C(=O)Nc2cccc(C(C)=O)c2)c(OC)c1. The van der Waals surface area contributed by atoms with Crippen LogP contribution in [-0.4, -0.2) is 37.5 Å². The molecule has 1 amide bonds. The summed E-state index contributed by atoms with van der Waals surface area (Å²) in [6.07, 6.45) is 2.77. The molecular weight excluding hydrogens is 386 g/mol. The van der Waals surface area contributed by atoms with Gasteiger partial charge in [-0.3, -0.25) is 9.59 Å². The summed E-state index contributed by atoms with van der Waals surface area (Å²) in [7, 11) is 1.51. The smallest absolute Gasteiger partial charge is 0.344 e. The molecule has 0 heterocycles. The first-order valence-electron chi connectivity index (χ1n) is 9.39. The maximum atomic E-state index is 12.3. The van der Waals surface area contributed by atoms with Crippen LogP contribution in [0.3, 0.4) is 0 Å². The van der Waals surface area contributed by atoms with Gasteiger partial charge in [0.05, 0.1) is 7.11 Å². The molecule has 0 aromatic heterocycles. The molecule has 0 radical (unpaired) electrons. The average Bonchev–Trinajstić information content (AvgIpc) is 2.73. The maximum absolute atomic E-state index is 12.3. The second-order valence-corrected chi connectivity index (χ2v) is 6.46. The van der Waals surface area contributed by atoms with Gasteiger partial charge in [0, 0.05) is 11.3 Å². The molecule has 1 N–H and O–H groups in total. The summed E-state index contributed by atoms with van der Waals surface area (Å²) in [5.41, 5.74) is 1.85. The Bertz CT molecular complexity index is 950. The van der Waals surface area contributed by atoms with Gasteiger partial charge in [0.1, 0.15) is 0 Å². The highest BCUT2D eigenvalue weighted by molar-refractivity contribution is 5.98. The van der Waals surface area contributed by atoms with E-state index in [1.54, 1.807) is 36.4 Å². The summed E-state index contributed by atoms with van der Waals surface area (Å²) in [6.45, 7) is 4.42. The molecule has 7 heteroatoms. The molecule has 2 aromatic rings. The molecule has 0 spiro atoms. The number of Topliss-reactive ketones (excluding diaryl/α,β-unsaturated/α-hetero) is 1. The number of ketones is 1. The van der Waals surface area contributed by atoms with E-state index in [0.29, 0.717) is 22.7 Å². The van der Waals surface area contributed by atoms with Crippen LogP contribution < -0.4 is 14.8 Å². The minimum absolute atomic E-state index is 0.114. The van der Waals surface area contributed by atoms with Gasteiger partial charge >= 0.3 is 5.97 Å². The number of carbonyl (C=O) groups is 3. The summed E-state index contributed by atoms with van der Waals surface area (Å²) < 4.78 is 15.9. The minimum atomic E-state index is -1.04. The van der Waals surface area contributed by atoms with Crippen LogP contribution >= 0.6 is 0 Å². The number of rotatable bonds is 9. The van der Waals surface area contributed by atoms with Gasteiger partial charge in [-0.2, -0.15) is 0 Å². The molecule has 1 atom stereocenters. The molecule has 2 rings (SSSR count). The van der Waals surface area contributed by atoms with Crippen molar-refractivity contribution in [3.63, 3.8) is 0 Å². The first-order valence-corrected chi connectivity index (χ1v) is 9.39. The van der Waals surface area contributed by atoms with E-state index in [4.69, 9.17) is 14.2 Å². The van der Waals surface area contributed by atoms with Gasteiger partial charge in [-0.15, -0.1) is 0 Å². The summed E-state index contributed by atoms with van der Waals surface area (Å²) in [5, 5.41) is 2.62. The third kappa shape index (κ3) is 6.48. The number of allylic oxidation sites excluding steroid dienone is 1. The number of anilines is 1. The Kier molecular flexibility index (Phi) is 8.17. The van der Waals surface area contributed by atoms with Crippen molar-refractivity contribution in [1.29, 1.82) is 0 Å². The average molecular weight is 411 g/mol. The third-order valence-corrected chi connectivity index (χ3v) is 4.11. The number of methoxy groups -OCH3 is 1. The topological polar surface area (TPSA) is 90.9 Å². The Morgan fingerprint density at radius 2 is 1.87 bits per heavy atom. The number of esters is 1. The van der Waals surface area contributed by atoms with E-state index < -0.39 is 18.0 Å². The normalized spacial score (nSPS) is 11.6. The van der Waals surface area contributed by atoms with Crippen molar-refractivity contribution in [3.8, 4) is 11.5 Å². The van der Waals surface area contributed by atoms with E-state index >= 15 is 0 Å². The summed E-state index contributed by atoms with van der Waals surface area (Å²) in [6, 6.07) is 11.8. The van der Waals surface area contributed by atoms with Gasteiger partial charge < -0.3 is 19.5 Å². The van der Waals surface area contributed by atoms with E-state index in [1.165, 1.54) is 21.0 Å². The lowest BCUT2D eigenvalue weighted by Crippen LogP contribution is -2.31. The monoisotopic (exact) mass is 411 g/mol. The number of ether oxygens (including phenoxy) is 3. The van der Waals surface area contributed by atoms with Gasteiger partial charge in [0.2, 0.25) is 0 Å². The van der Waals surface area contributed by atoms with Gasteiger partial charge in [-0.1, -0.05) is 30.4 Å². The quantitative estimate of drug-likeness (QED) is 0.497. The van der Waals surface area contributed by atoms with Crippen LogP contribution in [0.15, 0.2) is 48.5 Å². The van der Waals surface area contributed by atoms with Gasteiger partial charge in [0.25, 0.3) is 5.91 Å². The van der Waals surface area contributed by atoms with Crippen molar-refractivity contribution in [2.75, 3.05) is 19.0 Å². The molecule has 2 aromatic carbocycles. The predicted molar refractivity (Wildman–Crippen MR) is 114 cm³/mol. The van der Waals surface area contributed by atoms with Gasteiger partial charge in [-0.25, -0.2) is 4.79 Å². The van der Waals surface area contributed by atoms with Crippen molar-refractivity contribution >= 4 is 29.4 Å². The number of hydrogen-bond donors (Lipinski definition) is 1. The zero-order chi connectivity index (χ0) is 22.1. The van der Waals surface area contributed by atoms with Crippen LogP contribution in [0, 0.1) is 0 Å². The Morgan fingerprint density at radius 3 is 2.53 bits per heavy atom. The Hall–Kier alpha value is -3.61. The number of amides is 1. The number of carbonyl (C=O) groups excluding carboxylic acids is 3. The summed E-state index contributed by atoms with van der Waals surface area (Å²) >= 11 is 0. The number of nitrogens with one attached hydrogen (secondary N) is 1. The first kappa shape index (κ1) is 22.7. The molecule has 1 unspecified atom stereocenters. The fraction of sp³-hybridized carbons (Fsp3) is 0.261. The van der Waals surface area contributed by atoms with Crippen LogP contribution in [0.5, 0.6) is 11.5 Å². The van der Waals surface area contributed by atoms with Crippen molar-refractivity contribution in [3.05, 3.63) is 59.7 Å². The molecular formula is C23H25NO6. The highest BCUT2D eigenvalue weighted by Gasteiger charge is 2.19. The predicted octanol–water partition coefficient (Wildman–Crippen LogP) is 3.88. The molecule has 0 aliphatic heterocycles. The van der Waals surface area contributed by atoms with Crippen LogP contribution in [0.1, 0.15) is 36.7 Å². The largest absolute Gasteiger partial charge is 0.493 e. The molecule has 0 saturated carbocycles. The van der Waals surface area contributed by atoms with Crippen molar-refractivity contribution in [2.24, 2.45) is 0 Å². The molecule has 0 aliphatic carbocycles. The second-order valence-electron chi connectivity index (χ2n) is 6.46. The van der Waals surface area contributed by atoms with Crippen LogP contribution in [0.4, 0.5) is 5.69 Å². The minimum Gasteiger partial charge on any atom is -0.493 e. The molecule has 30 heavy (non-hydrogen) atoms. The number of benzene rings is 2. The molecule has 0 saturated heterocycles. The lowest BCUT2D eigenvalue weighted by Gasteiger charge is -2.15. The Labute approximate surface area is 175 Å². The van der Waals surface area contributed by atoms with Crippen LogP contribution in [0.2, 0.25) is 0 Å². The number of hydrogen-bond acceptors (Lipinski definition) is 6. The lowest BCUT2D eigenvalue weighted by molar-refractivity contribution is -0.155. The zero-order valence-corrected chi connectivity index (χ0v) is 17.4. The highest BCUT2D eigenvalue weighted by atomic mass is 16.6. The van der Waals surface area contributed by atoms with E-state index in [0.717, 1.165) is 5.56 Å². The molecule has 7 nitrogen and oxygen atoms in total. The fourth-order valence-electron chi connectivity index (χ4n) is 2.58. The van der Waals surface area contributed by atoms with Crippen LogP contribution in [0.25, 0.3) is 6.08 Å². The molecule has 158 valence electrons. The van der Waals surface area contributed by atoms with E-state index in [9.17, 15) is 14.4 Å². The first-order chi connectivity index (χ1) is 14.3. The Balaban J connectivity index is 1.90. The molecule has 0 aliphatic rings. The molecule has 0 fully saturated rings. The van der Waals surface area contributed by atoms with Gasteiger partial charge in [0.15, 0.2) is 30.0 Å². The van der Waals surface area contributed by atoms with Crippen molar-refractivity contribution in [2.45, 2.75) is 26.9 Å². The van der Waals surface area contributed by atoms with Crippen molar-refractivity contribution < 1.29 is 28.6 Å².